The number of nitrogens with one attached hydrogen (secondary N) is 2. The number of hydrogen-bond acceptors (Lipinski definition) is 6. The third kappa shape index (κ3) is 4.04. The maximum atomic E-state index is 11.7. The predicted molar refractivity (Wildman–Crippen MR) is 128 cm³/mol. The predicted octanol–water partition coefficient (Wildman–Crippen LogP) is 3.39. The second kappa shape index (κ2) is 9.07. The number of ether oxygens (including phenoxy) is 1. The molecular formula is C26H26N6O2. The third-order valence-corrected chi connectivity index (χ3v) is 6.97. The Hall–Kier alpha value is -4.04. The van der Waals surface area contributed by atoms with Crippen molar-refractivity contribution in [3.8, 4) is 35.3 Å². The van der Waals surface area contributed by atoms with Gasteiger partial charge in [-0.05, 0) is 68.6 Å². The first-order chi connectivity index (χ1) is 16.6. The van der Waals surface area contributed by atoms with Gasteiger partial charge in [-0.25, -0.2) is 9.50 Å². The van der Waals surface area contributed by atoms with Gasteiger partial charge in [0.25, 0.3) is 5.91 Å². The Bertz CT molecular complexity index is 1290. The fraction of sp³-hybridized carbons (Fsp3) is 0.385. The van der Waals surface area contributed by atoms with Crippen LogP contribution in [0.5, 0.6) is 5.75 Å². The number of terminal acetylenes is 1. The van der Waals surface area contributed by atoms with Gasteiger partial charge in [-0.1, -0.05) is 0 Å². The van der Waals surface area contributed by atoms with Crippen LogP contribution in [0, 0.1) is 35.5 Å². The van der Waals surface area contributed by atoms with Gasteiger partial charge in [0.05, 0.1) is 30.1 Å². The Balaban J connectivity index is 1.34. The van der Waals surface area contributed by atoms with Gasteiger partial charge in [-0.3, -0.25) is 4.79 Å². The summed E-state index contributed by atoms with van der Waals surface area (Å²) in [6.07, 6.45) is 14.6. The summed E-state index contributed by atoms with van der Waals surface area (Å²) in [5.74, 6) is 4.23. The zero-order valence-corrected chi connectivity index (χ0v) is 19.0. The van der Waals surface area contributed by atoms with Crippen LogP contribution in [0.2, 0.25) is 0 Å². The van der Waals surface area contributed by atoms with E-state index in [9.17, 15) is 10.1 Å². The van der Waals surface area contributed by atoms with Crippen LogP contribution >= 0.6 is 0 Å². The Morgan fingerprint density at radius 1 is 1.29 bits per heavy atom. The number of pyridine rings is 2. The second-order valence-electron chi connectivity index (χ2n) is 8.97. The minimum Gasteiger partial charge on any atom is -0.492 e. The van der Waals surface area contributed by atoms with Gasteiger partial charge in [0.1, 0.15) is 17.6 Å². The molecule has 0 radical (unpaired) electrons. The van der Waals surface area contributed by atoms with Crippen LogP contribution in [0.3, 0.4) is 0 Å². The normalized spacial score (nSPS) is 23.1. The highest BCUT2D eigenvalue weighted by atomic mass is 16.5. The molecule has 2 aliphatic carbocycles. The number of hydrogen-bond donors (Lipinski definition) is 2. The molecule has 0 saturated heterocycles. The van der Waals surface area contributed by atoms with E-state index >= 15 is 0 Å². The van der Waals surface area contributed by atoms with Crippen LogP contribution in [-0.2, 0) is 4.79 Å². The Morgan fingerprint density at radius 3 is 2.74 bits per heavy atom. The average molecular weight is 455 g/mol. The summed E-state index contributed by atoms with van der Waals surface area (Å²) in [4.78, 5) is 16.3. The van der Waals surface area contributed by atoms with Gasteiger partial charge in [0.2, 0.25) is 0 Å². The molecule has 3 aromatic heterocycles. The number of fused-ring (bicyclic) bond motifs is 3. The molecule has 3 aromatic rings. The van der Waals surface area contributed by atoms with Gasteiger partial charge >= 0.3 is 0 Å². The first-order valence-corrected chi connectivity index (χ1v) is 11.6. The maximum Gasteiger partial charge on any atom is 0.295 e. The third-order valence-electron chi connectivity index (χ3n) is 6.97. The Kier molecular flexibility index (Phi) is 5.81. The lowest BCUT2D eigenvalue weighted by Crippen LogP contribution is -2.47. The molecule has 2 unspecified atom stereocenters. The van der Waals surface area contributed by atoms with Crippen molar-refractivity contribution in [1.82, 2.24) is 19.9 Å². The summed E-state index contributed by atoms with van der Waals surface area (Å²) < 4.78 is 7.37. The standard InChI is InChI=1S/C26H26N6O2/c1-3-24(33)31-25-16-5-6-17(25)10-20(9-16)30-23-8-7-18(13-28-23)22-11-21(34-4-2)15-32-26(22)19(12-27)14-29-32/h1,7-8,11,13-17,20,25H,4-6,9-10H2,2H3,(H,28,30)(H,31,33). The van der Waals surface area contributed by atoms with Crippen LogP contribution < -0.4 is 15.4 Å². The molecule has 5 rings (SSSR count). The summed E-state index contributed by atoms with van der Waals surface area (Å²) in [5.41, 5.74) is 2.97. The number of carbonyl (C=O) groups is 1. The van der Waals surface area contributed by atoms with Crippen molar-refractivity contribution in [2.45, 2.75) is 44.7 Å². The van der Waals surface area contributed by atoms with Crippen molar-refractivity contribution >= 4 is 17.2 Å². The molecule has 172 valence electrons. The van der Waals surface area contributed by atoms with E-state index in [0.717, 1.165) is 48.1 Å². The molecule has 2 atom stereocenters. The molecular weight excluding hydrogens is 428 g/mol. The summed E-state index contributed by atoms with van der Waals surface area (Å²) in [7, 11) is 0. The van der Waals surface area contributed by atoms with Gasteiger partial charge < -0.3 is 15.4 Å². The van der Waals surface area contributed by atoms with Crippen LogP contribution in [0.25, 0.3) is 16.6 Å². The van der Waals surface area contributed by atoms with Crippen LogP contribution in [-0.4, -0.2) is 39.2 Å². The highest BCUT2D eigenvalue weighted by Gasteiger charge is 2.43. The van der Waals surface area contributed by atoms with Crippen LogP contribution in [0.1, 0.15) is 38.2 Å². The van der Waals surface area contributed by atoms with Gasteiger partial charge in [-0.15, -0.1) is 6.42 Å². The zero-order valence-electron chi connectivity index (χ0n) is 19.0. The Morgan fingerprint density at radius 2 is 2.09 bits per heavy atom. The molecule has 2 bridgehead atoms. The number of anilines is 1. The van der Waals surface area contributed by atoms with Crippen molar-refractivity contribution in [3.63, 3.8) is 0 Å². The second-order valence-corrected chi connectivity index (χ2v) is 8.97. The fourth-order valence-electron chi connectivity index (χ4n) is 5.57. The molecule has 1 amide bonds. The van der Waals surface area contributed by atoms with E-state index in [-0.39, 0.29) is 11.9 Å². The van der Waals surface area contributed by atoms with Crippen molar-refractivity contribution < 1.29 is 9.53 Å². The lowest BCUT2D eigenvalue weighted by molar-refractivity contribution is -0.117. The summed E-state index contributed by atoms with van der Waals surface area (Å²) in [5, 5.41) is 20.4. The van der Waals surface area contributed by atoms with Crippen molar-refractivity contribution in [1.29, 1.82) is 5.26 Å². The van der Waals surface area contributed by atoms with Crippen molar-refractivity contribution in [2.75, 3.05) is 11.9 Å². The van der Waals surface area contributed by atoms with E-state index in [0.29, 0.717) is 35.8 Å². The molecule has 2 N–H and O–H groups in total. The fourth-order valence-corrected chi connectivity index (χ4v) is 5.57. The summed E-state index contributed by atoms with van der Waals surface area (Å²) >= 11 is 0. The number of rotatable bonds is 6. The molecule has 3 heterocycles. The smallest absolute Gasteiger partial charge is 0.295 e. The van der Waals surface area contributed by atoms with Crippen molar-refractivity contribution in [3.05, 3.63) is 42.4 Å². The van der Waals surface area contributed by atoms with E-state index in [1.54, 1.807) is 16.9 Å². The molecule has 0 aromatic carbocycles. The highest BCUT2D eigenvalue weighted by Crippen LogP contribution is 2.43. The molecule has 2 saturated carbocycles. The van der Waals surface area contributed by atoms with Crippen LogP contribution in [0.15, 0.2) is 36.8 Å². The molecule has 2 aliphatic rings. The largest absolute Gasteiger partial charge is 0.492 e. The number of nitriles is 1. The first-order valence-electron chi connectivity index (χ1n) is 11.6. The number of amides is 1. The zero-order chi connectivity index (χ0) is 23.7. The average Bonchev–Trinajstić information content (AvgIpc) is 3.36. The number of nitrogens with zero attached hydrogens (tertiary/aromatic N) is 4. The van der Waals surface area contributed by atoms with E-state index in [1.165, 1.54) is 0 Å². The summed E-state index contributed by atoms with van der Waals surface area (Å²) in [6, 6.07) is 8.60. The lowest BCUT2D eigenvalue weighted by Gasteiger charge is -2.36. The maximum absolute atomic E-state index is 11.7. The van der Waals surface area contributed by atoms with Gasteiger partial charge in [0, 0.05) is 29.4 Å². The SMILES string of the molecule is C#CC(=O)NC1C2CCC1CC(Nc1ccc(-c3cc(OCC)cn4ncc(C#N)c34)cn1)C2. The topological polar surface area (TPSA) is 104 Å². The molecule has 34 heavy (non-hydrogen) atoms. The molecule has 2 fully saturated rings. The van der Waals surface area contributed by atoms with E-state index in [4.69, 9.17) is 11.2 Å². The van der Waals surface area contributed by atoms with Crippen molar-refractivity contribution in [2.24, 2.45) is 11.8 Å². The molecule has 8 nitrogen and oxygen atoms in total. The number of aromatic nitrogens is 3. The molecule has 0 spiro atoms. The first kappa shape index (κ1) is 21.8. The number of carbonyl (C=O) groups excluding carboxylic acids is 1. The molecule has 0 aliphatic heterocycles. The van der Waals surface area contributed by atoms with E-state index < -0.39 is 0 Å². The van der Waals surface area contributed by atoms with Gasteiger partial charge in [-0.2, -0.15) is 10.4 Å². The minimum absolute atomic E-state index is 0.182. The minimum atomic E-state index is -0.314. The Labute approximate surface area is 198 Å². The van der Waals surface area contributed by atoms with Gasteiger partial charge in [0.15, 0.2) is 0 Å². The van der Waals surface area contributed by atoms with E-state index in [2.05, 4.69) is 32.7 Å². The van der Waals surface area contributed by atoms with Crippen LogP contribution in [0.4, 0.5) is 5.82 Å². The quantitative estimate of drug-likeness (QED) is 0.554. The lowest BCUT2D eigenvalue weighted by atomic mass is 9.81. The monoisotopic (exact) mass is 454 g/mol. The highest BCUT2D eigenvalue weighted by molar-refractivity contribution is 5.93. The van der Waals surface area contributed by atoms with E-state index in [1.807, 2.05) is 31.3 Å². The summed E-state index contributed by atoms with van der Waals surface area (Å²) in [6.45, 7) is 2.47. The molecule has 8 heteroatoms.